The number of H-pyrrole nitrogens is 1. The Hall–Kier alpha value is -3.69. The predicted molar refractivity (Wildman–Crippen MR) is 133 cm³/mol. The van der Waals surface area contributed by atoms with Crippen LogP contribution in [0.4, 0.5) is 5.13 Å². The fourth-order valence-electron chi connectivity index (χ4n) is 3.51. The molecule has 18 heteroatoms. The monoisotopic (exact) mass is 564 g/mol. The number of nitrogens with zero attached hydrogens (tertiary/aromatic N) is 7. The zero-order valence-electron chi connectivity index (χ0n) is 19.3. The number of carboxylic acid groups (broad SMARTS) is 1. The summed E-state index contributed by atoms with van der Waals surface area (Å²) >= 11 is 3.46. The zero-order valence-corrected chi connectivity index (χ0v) is 21.8. The molecular weight excluding hydrogens is 544 g/mol. The van der Waals surface area contributed by atoms with E-state index < -0.39 is 34.4 Å². The molecule has 15 nitrogen and oxygen atoms in total. The van der Waals surface area contributed by atoms with E-state index in [1.807, 2.05) is 6.07 Å². The molecule has 1 fully saturated rings. The number of aliphatic carboxylic acids is 1. The summed E-state index contributed by atoms with van der Waals surface area (Å²) in [5, 5.41) is 40.0. The van der Waals surface area contributed by atoms with Crippen molar-refractivity contribution in [3.63, 3.8) is 0 Å². The van der Waals surface area contributed by atoms with Gasteiger partial charge >= 0.3 is 5.97 Å². The van der Waals surface area contributed by atoms with Gasteiger partial charge in [-0.25, -0.2) is 9.78 Å². The molecule has 0 aliphatic carbocycles. The Morgan fingerprint density at radius 1 is 1.51 bits per heavy atom. The lowest BCUT2D eigenvalue weighted by Gasteiger charge is -2.50. The van der Waals surface area contributed by atoms with Gasteiger partial charge in [-0.05, 0) is 24.6 Å². The predicted octanol–water partition coefficient (Wildman–Crippen LogP) is 0.181. The number of rotatable bonds is 10. The van der Waals surface area contributed by atoms with Gasteiger partial charge in [0.2, 0.25) is 5.16 Å². The van der Waals surface area contributed by atoms with E-state index in [1.165, 1.54) is 17.1 Å². The minimum absolute atomic E-state index is 0.0365. The Bertz CT molecular complexity index is 1300. The van der Waals surface area contributed by atoms with E-state index in [0.29, 0.717) is 5.57 Å². The molecule has 0 saturated carbocycles. The third-order valence-corrected chi connectivity index (χ3v) is 8.16. The van der Waals surface area contributed by atoms with E-state index in [1.54, 1.807) is 13.8 Å². The number of nitriles is 1. The number of hydrogen-bond donors (Lipinski definition) is 4. The van der Waals surface area contributed by atoms with Crippen molar-refractivity contribution < 1.29 is 24.3 Å². The van der Waals surface area contributed by atoms with Gasteiger partial charge < -0.3 is 21.0 Å². The molecule has 0 aromatic carbocycles. The van der Waals surface area contributed by atoms with E-state index in [0.717, 1.165) is 28.0 Å². The SMILES string of the molecule is CC(C)ON=C(C(=O)NC1C(=O)N2C(C(=O)O)=C(C(CC#N)Sc3nn[nH]n3)CS[C@H]12)c1csc(N)n1. The van der Waals surface area contributed by atoms with Gasteiger partial charge in [0, 0.05) is 16.4 Å². The van der Waals surface area contributed by atoms with Gasteiger partial charge in [-0.1, -0.05) is 16.9 Å². The second kappa shape index (κ2) is 11.1. The first-order chi connectivity index (χ1) is 17.7. The molecule has 5 N–H and O–H groups in total. The highest BCUT2D eigenvalue weighted by molar-refractivity contribution is 8.01. The van der Waals surface area contributed by atoms with Crippen molar-refractivity contribution in [2.75, 3.05) is 11.5 Å². The summed E-state index contributed by atoms with van der Waals surface area (Å²) in [6.07, 6.45) is -0.354. The van der Waals surface area contributed by atoms with Crippen molar-refractivity contribution in [2.45, 2.75) is 48.2 Å². The number of tetrazole rings is 1. The lowest BCUT2D eigenvalue weighted by atomic mass is 10.0. The van der Waals surface area contributed by atoms with Crippen LogP contribution in [-0.2, 0) is 19.2 Å². The molecule has 3 atom stereocenters. The number of oxime groups is 1. The number of carbonyl (C=O) groups excluding carboxylic acids is 2. The number of hydrogen-bond acceptors (Lipinski definition) is 14. The van der Waals surface area contributed by atoms with E-state index >= 15 is 0 Å². The van der Waals surface area contributed by atoms with Crippen LogP contribution in [0.3, 0.4) is 0 Å². The summed E-state index contributed by atoms with van der Waals surface area (Å²) in [4.78, 5) is 48.8. The summed E-state index contributed by atoms with van der Waals surface area (Å²) in [6, 6.07) is 1.03. The molecule has 0 radical (unpaired) electrons. The lowest BCUT2D eigenvalue weighted by Crippen LogP contribution is -2.71. The number of nitrogen functional groups attached to an aromatic ring is 1. The van der Waals surface area contributed by atoms with Gasteiger partial charge in [0.1, 0.15) is 28.9 Å². The molecule has 0 bridgehead atoms. The Morgan fingerprint density at radius 3 is 2.89 bits per heavy atom. The second-order valence-corrected chi connectivity index (χ2v) is 11.0. The number of carboxylic acids is 1. The number of aromatic amines is 1. The third-order valence-electron chi connectivity index (χ3n) is 5.06. The van der Waals surface area contributed by atoms with Crippen LogP contribution in [-0.4, -0.2) is 87.6 Å². The number of carbonyl (C=O) groups is 3. The van der Waals surface area contributed by atoms with Crippen LogP contribution >= 0.6 is 34.9 Å². The highest BCUT2D eigenvalue weighted by Crippen LogP contribution is 2.44. The number of anilines is 1. The number of thiazole rings is 1. The molecule has 37 heavy (non-hydrogen) atoms. The fraction of sp³-hybridized carbons (Fsp3) is 0.421. The van der Waals surface area contributed by atoms with Crippen molar-refractivity contribution in [2.24, 2.45) is 5.16 Å². The summed E-state index contributed by atoms with van der Waals surface area (Å²) in [5.74, 6) is -2.44. The number of nitrogens with two attached hydrogens (primary N) is 1. The maximum Gasteiger partial charge on any atom is 0.352 e. The van der Waals surface area contributed by atoms with Crippen molar-refractivity contribution >= 4 is 63.5 Å². The van der Waals surface area contributed by atoms with Crippen LogP contribution in [0.15, 0.2) is 27.0 Å². The maximum absolute atomic E-state index is 13.1. The number of β-lactam (4-membered cyclic amide) rings is 1. The van der Waals surface area contributed by atoms with Crippen molar-refractivity contribution in [3.8, 4) is 6.07 Å². The minimum atomic E-state index is -1.32. The molecule has 0 spiro atoms. The van der Waals surface area contributed by atoms with Crippen molar-refractivity contribution in [3.05, 3.63) is 22.3 Å². The number of aromatic nitrogens is 5. The molecule has 2 aliphatic heterocycles. The number of nitrogens with one attached hydrogen (secondary N) is 2. The lowest BCUT2D eigenvalue weighted by molar-refractivity contribution is -0.150. The first-order valence-electron chi connectivity index (χ1n) is 10.6. The standard InChI is InChI=1S/C19H20N10O5S3/c1-7(2)34-26-11(9-6-36-18(21)22-9)14(30)23-12-15(31)29-13(17(32)33)8(5-35-16(12)29)10(3-4-20)37-19-24-27-28-25-19/h6-7,10,12,16H,3,5H2,1-2H3,(H2,21,22)(H,23,30)(H,32,33)(H,24,25,27,28)/t10?,12?,16-/m1/s1. The first-order valence-corrected chi connectivity index (χ1v) is 13.5. The first kappa shape index (κ1) is 26.4. The van der Waals surface area contributed by atoms with Crippen LogP contribution in [0.1, 0.15) is 26.0 Å². The van der Waals surface area contributed by atoms with Crippen molar-refractivity contribution in [1.29, 1.82) is 5.26 Å². The van der Waals surface area contributed by atoms with Crippen LogP contribution < -0.4 is 11.1 Å². The molecule has 2 amide bonds. The van der Waals surface area contributed by atoms with Gasteiger partial charge in [-0.2, -0.15) is 10.5 Å². The van der Waals surface area contributed by atoms with Crippen LogP contribution in [0, 0.1) is 11.3 Å². The molecule has 2 aromatic heterocycles. The smallest absolute Gasteiger partial charge is 0.352 e. The highest BCUT2D eigenvalue weighted by atomic mass is 32.2. The third kappa shape index (κ3) is 5.52. The highest BCUT2D eigenvalue weighted by Gasteiger charge is 2.55. The van der Waals surface area contributed by atoms with Crippen molar-refractivity contribution in [1.82, 2.24) is 35.8 Å². The van der Waals surface area contributed by atoms with Gasteiger partial charge in [0.15, 0.2) is 10.8 Å². The minimum Gasteiger partial charge on any atom is -0.477 e. The Balaban J connectivity index is 1.56. The Morgan fingerprint density at radius 2 is 2.30 bits per heavy atom. The summed E-state index contributed by atoms with van der Waals surface area (Å²) in [5.41, 5.74) is 5.87. The average molecular weight is 565 g/mol. The molecule has 2 aromatic rings. The van der Waals surface area contributed by atoms with Gasteiger partial charge in [-0.15, -0.1) is 33.3 Å². The number of thioether (sulfide) groups is 2. The number of amides is 2. The van der Waals surface area contributed by atoms with Gasteiger partial charge in [0.05, 0.1) is 12.5 Å². The van der Waals surface area contributed by atoms with Gasteiger partial charge in [0.25, 0.3) is 11.8 Å². The summed E-state index contributed by atoms with van der Waals surface area (Å²) in [7, 11) is 0. The summed E-state index contributed by atoms with van der Waals surface area (Å²) < 4.78 is 0. The summed E-state index contributed by atoms with van der Waals surface area (Å²) in [6.45, 7) is 3.46. The van der Waals surface area contributed by atoms with Crippen LogP contribution in [0.5, 0.6) is 0 Å². The molecule has 4 rings (SSSR count). The van der Waals surface area contributed by atoms with E-state index in [4.69, 9.17) is 10.6 Å². The zero-order chi connectivity index (χ0) is 26.7. The van der Waals surface area contributed by atoms with Gasteiger partial charge in [-0.3, -0.25) is 14.5 Å². The van der Waals surface area contributed by atoms with E-state index in [9.17, 15) is 24.8 Å². The van der Waals surface area contributed by atoms with E-state index in [-0.39, 0.29) is 45.7 Å². The number of fused-ring (bicyclic) bond motifs is 1. The fourth-order valence-corrected chi connectivity index (χ4v) is 6.51. The maximum atomic E-state index is 13.1. The molecule has 1 saturated heterocycles. The average Bonchev–Trinajstić information content (AvgIpc) is 3.53. The Kier molecular flexibility index (Phi) is 7.94. The van der Waals surface area contributed by atoms with Crippen LogP contribution in [0.25, 0.3) is 0 Å². The Labute approximate surface area is 221 Å². The molecule has 194 valence electrons. The molecular formula is C19H20N10O5S3. The quantitative estimate of drug-likeness (QED) is 0.131. The largest absolute Gasteiger partial charge is 0.477 e. The second-order valence-electron chi connectivity index (χ2n) is 7.87. The molecule has 2 aliphatic rings. The molecule has 2 unspecified atom stereocenters. The molecule has 4 heterocycles. The topological polar surface area (TPSA) is 225 Å². The van der Waals surface area contributed by atoms with E-state index in [2.05, 4.69) is 36.1 Å². The van der Waals surface area contributed by atoms with Crippen LogP contribution in [0.2, 0.25) is 0 Å². The normalized spacial score (nSPS) is 20.2.